The highest BCUT2D eigenvalue weighted by Gasteiger charge is 2.40. The number of allylic oxidation sites excluding steroid dienone is 21. The van der Waals surface area contributed by atoms with Crippen LogP contribution in [0.3, 0.4) is 0 Å². The van der Waals surface area contributed by atoms with E-state index in [2.05, 4.69) is 108 Å². The second-order valence-corrected chi connectivity index (χ2v) is 13.2. The summed E-state index contributed by atoms with van der Waals surface area (Å²) in [6.07, 6.45) is 32.9. The summed E-state index contributed by atoms with van der Waals surface area (Å²) in [6.45, 7) is 21.2. The van der Waals surface area contributed by atoms with Crippen LogP contribution in [0.5, 0.6) is 0 Å². The number of carbonyl (C=O) groups excluding carboxylic acids is 1. The molecule has 2 aliphatic rings. The summed E-state index contributed by atoms with van der Waals surface area (Å²) >= 11 is 0. The van der Waals surface area contributed by atoms with Gasteiger partial charge in [0, 0.05) is 6.42 Å². The van der Waals surface area contributed by atoms with Gasteiger partial charge in [-0.15, -0.1) is 0 Å². The lowest BCUT2D eigenvalue weighted by molar-refractivity contribution is -0.134. The summed E-state index contributed by atoms with van der Waals surface area (Å²) in [4.78, 5) is 12.4. The second-order valence-electron chi connectivity index (χ2n) is 13.2. The molecule has 0 amide bonds. The average molecular weight is 567 g/mol. The minimum atomic E-state index is -0.892. The fourth-order valence-electron chi connectivity index (χ4n) is 5.71. The lowest BCUT2D eigenvalue weighted by Gasteiger charge is -2.34. The first kappa shape index (κ1) is 35.0. The van der Waals surface area contributed by atoms with Gasteiger partial charge in [-0.1, -0.05) is 132 Å². The Bertz CT molecular complexity index is 1330. The number of aliphatic hydroxyl groups excluding tert-OH is 1. The summed E-state index contributed by atoms with van der Waals surface area (Å²) in [5, 5.41) is 10.0. The summed E-state index contributed by atoms with van der Waals surface area (Å²) in [5.74, 6) is -0.105. The largest absolute Gasteiger partial charge is 0.385 e. The number of carbonyl (C=O) groups is 1. The molecule has 0 bridgehead atoms. The summed E-state index contributed by atoms with van der Waals surface area (Å²) < 4.78 is 0. The van der Waals surface area contributed by atoms with Gasteiger partial charge in [0.25, 0.3) is 0 Å². The van der Waals surface area contributed by atoms with Crippen LogP contribution in [0.25, 0.3) is 0 Å². The van der Waals surface area contributed by atoms with Gasteiger partial charge in [-0.2, -0.15) is 0 Å². The smallest absolute Gasteiger partial charge is 0.171 e. The number of ketones is 1. The Kier molecular flexibility index (Phi) is 13.2. The number of hydrogen-bond donors (Lipinski definition) is 1. The first-order valence-corrected chi connectivity index (χ1v) is 15.4. The predicted octanol–water partition coefficient (Wildman–Crippen LogP) is 10.8. The van der Waals surface area contributed by atoms with Crippen molar-refractivity contribution in [2.45, 2.75) is 101 Å². The van der Waals surface area contributed by atoms with Gasteiger partial charge in [0.15, 0.2) is 5.78 Å². The first-order valence-electron chi connectivity index (χ1n) is 15.4. The van der Waals surface area contributed by atoms with Crippen LogP contribution in [-0.2, 0) is 4.79 Å². The molecule has 0 aliphatic heterocycles. The molecule has 0 aromatic heterocycles. The average Bonchev–Trinajstić information content (AvgIpc) is 2.89. The lowest BCUT2D eigenvalue weighted by Crippen LogP contribution is -2.40. The maximum Gasteiger partial charge on any atom is 0.171 e. The van der Waals surface area contributed by atoms with Crippen LogP contribution in [0.1, 0.15) is 94.9 Å². The maximum atomic E-state index is 12.4. The molecule has 2 aliphatic carbocycles. The molecule has 0 saturated carbocycles. The van der Waals surface area contributed by atoms with Crippen molar-refractivity contribution < 1.29 is 9.90 Å². The Morgan fingerprint density at radius 1 is 0.690 bits per heavy atom. The van der Waals surface area contributed by atoms with Gasteiger partial charge in [-0.05, 0) is 91.2 Å². The molecular formula is C40H54O2. The Balaban J connectivity index is 1.92. The van der Waals surface area contributed by atoms with Crippen LogP contribution < -0.4 is 0 Å². The molecular weight excluding hydrogens is 512 g/mol. The summed E-state index contributed by atoms with van der Waals surface area (Å²) in [6, 6.07) is 0. The number of hydrogen-bond acceptors (Lipinski definition) is 2. The van der Waals surface area contributed by atoms with Crippen LogP contribution in [0.15, 0.2) is 130 Å². The van der Waals surface area contributed by atoms with Gasteiger partial charge in [0.1, 0.15) is 6.10 Å². The van der Waals surface area contributed by atoms with E-state index in [0.717, 1.165) is 22.3 Å². The molecule has 0 saturated heterocycles. The minimum absolute atomic E-state index is 0.105. The molecule has 1 N–H and O–H groups in total. The van der Waals surface area contributed by atoms with Crippen LogP contribution in [0, 0.1) is 10.8 Å². The highest BCUT2D eigenvalue weighted by molar-refractivity contribution is 5.93. The normalized spacial score (nSPS) is 23.3. The van der Waals surface area contributed by atoms with Crippen molar-refractivity contribution in [3.63, 3.8) is 0 Å². The van der Waals surface area contributed by atoms with E-state index < -0.39 is 11.5 Å². The van der Waals surface area contributed by atoms with Crippen LogP contribution in [0.4, 0.5) is 0 Å². The molecule has 1 unspecified atom stereocenters. The van der Waals surface area contributed by atoms with Gasteiger partial charge in [0.05, 0.1) is 5.41 Å². The number of aliphatic hydroxyl groups is 1. The van der Waals surface area contributed by atoms with Crippen molar-refractivity contribution in [1.82, 2.24) is 0 Å². The van der Waals surface area contributed by atoms with Crippen molar-refractivity contribution in [1.29, 1.82) is 0 Å². The van der Waals surface area contributed by atoms with E-state index in [1.807, 2.05) is 45.9 Å². The molecule has 0 fully saturated rings. The molecule has 2 nitrogen and oxygen atoms in total. The van der Waals surface area contributed by atoms with E-state index >= 15 is 0 Å². The first-order chi connectivity index (χ1) is 19.6. The van der Waals surface area contributed by atoms with Crippen LogP contribution >= 0.6 is 0 Å². The third-order valence-electron chi connectivity index (χ3n) is 8.39. The van der Waals surface area contributed by atoms with Crippen LogP contribution in [0.2, 0.25) is 0 Å². The van der Waals surface area contributed by atoms with E-state index in [-0.39, 0.29) is 11.2 Å². The van der Waals surface area contributed by atoms with Crippen molar-refractivity contribution in [2.24, 2.45) is 10.8 Å². The van der Waals surface area contributed by atoms with Crippen molar-refractivity contribution in [2.75, 3.05) is 0 Å². The Hall–Kier alpha value is -3.23. The van der Waals surface area contributed by atoms with E-state index in [9.17, 15) is 9.90 Å². The molecule has 2 heteroatoms. The molecule has 0 aromatic rings. The summed E-state index contributed by atoms with van der Waals surface area (Å²) in [7, 11) is 0. The third-order valence-corrected chi connectivity index (χ3v) is 8.39. The molecule has 1 atom stereocenters. The quantitative estimate of drug-likeness (QED) is 0.267. The van der Waals surface area contributed by atoms with Gasteiger partial charge in [0.2, 0.25) is 0 Å². The summed E-state index contributed by atoms with van der Waals surface area (Å²) in [5.41, 5.74) is 9.41. The van der Waals surface area contributed by atoms with Gasteiger partial charge in [-0.3, -0.25) is 4.79 Å². The number of Topliss-reactive ketones (excluding diaryl/α,β-unsaturated/α-hetero) is 1. The molecule has 0 radical (unpaired) electrons. The second kappa shape index (κ2) is 15.8. The topological polar surface area (TPSA) is 37.3 Å². The molecule has 0 heterocycles. The Morgan fingerprint density at radius 3 is 1.64 bits per heavy atom. The maximum absolute atomic E-state index is 12.4. The lowest BCUT2D eigenvalue weighted by atomic mass is 9.70. The van der Waals surface area contributed by atoms with Gasteiger partial charge >= 0.3 is 0 Å². The van der Waals surface area contributed by atoms with Crippen LogP contribution in [-0.4, -0.2) is 17.0 Å². The predicted molar refractivity (Wildman–Crippen MR) is 183 cm³/mol. The highest BCUT2D eigenvalue weighted by Crippen LogP contribution is 2.41. The fraction of sp³-hybridized carbons (Fsp3) is 0.425. The standard InChI is InChI=1S/C40H54O2/c1-29(18-13-20-31(3)23-25-35-33(5)22-15-27-39(35,7)8)16-11-12-17-30(2)19-14-21-32(4)24-26-36-34(6)28-37(41)38(42)40(36,9)10/h11-14,16-21,23-26,37,41H,15,22,27-28H2,1-10H3/b12-11+,18-13?,19-14+,25-23?,26-24+,29-16?,30-17+,31-20?,32-21+. The number of rotatable bonds is 10. The van der Waals surface area contributed by atoms with Crippen molar-refractivity contribution >= 4 is 5.78 Å². The van der Waals surface area contributed by atoms with E-state index in [4.69, 9.17) is 0 Å². The van der Waals surface area contributed by atoms with Crippen molar-refractivity contribution in [3.8, 4) is 0 Å². The van der Waals surface area contributed by atoms with Gasteiger partial charge in [-0.25, -0.2) is 0 Å². The third kappa shape index (κ3) is 10.6. The molecule has 226 valence electrons. The zero-order valence-corrected chi connectivity index (χ0v) is 27.8. The Morgan fingerprint density at radius 2 is 1.14 bits per heavy atom. The molecule has 0 aromatic carbocycles. The van der Waals surface area contributed by atoms with E-state index in [0.29, 0.717) is 6.42 Å². The zero-order chi connectivity index (χ0) is 31.5. The monoisotopic (exact) mass is 566 g/mol. The SMILES string of the molecule is CC(C=CC1=C(C)CCCC1(C)C)=CC=CC(C)=C/C=C/C=C(C)/C=C/C=C(C)/C=C/C1=C(C)CC(O)C(=O)C1(C)C. The molecule has 2 rings (SSSR count). The van der Waals surface area contributed by atoms with E-state index in [1.165, 1.54) is 41.6 Å². The fourth-order valence-corrected chi connectivity index (χ4v) is 5.71. The van der Waals surface area contributed by atoms with Gasteiger partial charge < -0.3 is 5.11 Å². The zero-order valence-electron chi connectivity index (χ0n) is 27.8. The molecule has 0 spiro atoms. The van der Waals surface area contributed by atoms with Crippen molar-refractivity contribution in [3.05, 3.63) is 130 Å². The molecule has 42 heavy (non-hydrogen) atoms. The minimum Gasteiger partial charge on any atom is -0.385 e. The highest BCUT2D eigenvalue weighted by atomic mass is 16.3. The van der Waals surface area contributed by atoms with E-state index in [1.54, 1.807) is 0 Å². The Labute approximate surface area is 256 Å².